The molecule has 114 valence electrons. The van der Waals surface area contributed by atoms with Crippen LogP contribution in [0.5, 0.6) is 0 Å². The van der Waals surface area contributed by atoms with E-state index in [1.165, 1.54) is 25.1 Å². The highest BCUT2D eigenvalue weighted by molar-refractivity contribution is 7.89. The van der Waals surface area contributed by atoms with Gasteiger partial charge in [-0.25, -0.2) is 8.42 Å². The molecule has 0 aromatic heterocycles. The zero-order valence-electron chi connectivity index (χ0n) is 10.4. The number of nitrogens with zero attached hydrogens (tertiary/aromatic N) is 1. The highest BCUT2D eigenvalue weighted by Crippen LogP contribution is 2.28. The standard InChI is InChI=1S/C11H12Cl2F3NO2S/c1-2-17(7-11(14,15)16)20(18,19)10-5-8(6-12)3-4-9(10)13/h3-5H,2,6-7H2,1H3. The van der Waals surface area contributed by atoms with Crippen LogP contribution in [0.4, 0.5) is 13.2 Å². The Morgan fingerprint density at radius 2 is 1.90 bits per heavy atom. The predicted octanol–water partition coefficient (Wildman–Crippen LogP) is 3.65. The monoisotopic (exact) mass is 349 g/mol. The maximum Gasteiger partial charge on any atom is 0.402 e. The van der Waals surface area contributed by atoms with Crippen LogP contribution in [-0.2, 0) is 15.9 Å². The van der Waals surface area contributed by atoms with Crippen LogP contribution in [0.2, 0.25) is 5.02 Å². The molecule has 9 heteroatoms. The fourth-order valence-electron chi connectivity index (χ4n) is 1.53. The first-order valence-corrected chi connectivity index (χ1v) is 7.88. The molecule has 0 radical (unpaired) electrons. The van der Waals surface area contributed by atoms with Crippen molar-refractivity contribution >= 4 is 33.2 Å². The average Bonchev–Trinajstić information content (AvgIpc) is 2.35. The van der Waals surface area contributed by atoms with Gasteiger partial charge in [0.2, 0.25) is 10.0 Å². The van der Waals surface area contributed by atoms with E-state index in [4.69, 9.17) is 23.2 Å². The first-order chi connectivity index (χ1) is 9.11. The lowest BCUT2D eigenvalue weighted by Gasteiger charge is -2.22. The molecule has 0 fully saturated rings. The number of alkyl halides is 4. The molecular formula is C11H12Cl2F3NO2S. The summed E-state index contributed by atoms with van der Waals surface area (Å²) in [4.78, 5) is -0.372. The summed E-state index contributed by atoms with van der Waals surface area (Å²) in [7, 11) is -4.32. The van der Waals surface area contributed by atoms with Crippen molar-refractivity contribution in [3.05, 3.63) is 28.8 Å². The molecule has 1 aromatic rings. The Bertz CT molecular complexity index is 576. The highest BCUT2D eigenvalue weighted by atomic mass is 35.5. The molecule has 0 aliphatic carbocycles. The number of hydrogen-bond donors (Lipinski definition) is 0. The second-order valence-corrected chi connectivity index (χ2v) is 6.53. The molecule has 0 atom stereocenters. The number of benzene rings is 1. The Hall–Kier alpha value is -0.500. The van der Waals surface area contributed by atoms with Gasteiger partial charge in [-0.3, -0.25) is 0 Å². The summed E-state index contributed by atoms with van der Waals surface area (Å²) >= 11 is 11.4. The average molecular weight is 350 g/mol. The van der Waals surface area contributed by atoms with E-state index in [9.17, 15) is 21.6 Å². The van der Waals surface area contributed by atoms with Crippen molar-refractivity contribution in [1.29, 1.82) is 0 Å². The summed E-state index contributed by atoms with van der Waals surface area (Å²) in [6, 6.07) is 3.99. The highest BCUT2D eigenvalue weighted by Gasteiger charge is 2.37. The molecule has 1 rings (SSSR count). The molecule has 0 amide bonds. The lowest BCUT2D eigenvalue weighted by atomic mass is 10.2. The fraction of sp³-hybridized carbons (Fsp3) is 0.455. The van der Waals surface area contributed by atoms with Crippen LogP contribution >= 0.6 is 23.2 Å². The Morgan fingerprint density at radius 1 is 1.30 bits per heavy atom. The number of rotatable bonds is 5. The van der Waals surface area contributed by atoms with Crippen LogP contribution in [0.3, 0.4) is 0 Å². The summed E-state index contributed by atoms with van der Waals surface area (Å²) in [5, 5.41) is -0.139. The minimum atomic E-state index is -4.63. The van der Waals surface area contributed by atoms with E-state index in [-0.39, 0.29) is 22.3 Å². The molecular weight excluding hydrogens is 338 g/mol. The quantitative estimate of drug-likeness (QED) is 0.761. The van der Waals surface area contributed by atoms with E-state index in [1.54, 1.807) is 0 Å². The van der Waals surface area contributed by atoms with E-state index in [0.29, 0.717) is 9.87 Å². The van der Waals surface area contributed by atoms with Crippen molar-refractivity contribution in [1.82, 2.24) is 4.31 Å². The van der Waals surface area contributed by atoms with E-state index < -0.39 is 22.7 Å². The van der Waals surface area contributed by atoms with Crippen LogP contribution in [-0.4, -0.2) is 32.0 Å². The van der Waals surface area contributed by atoms with Gasteiger partial charge in [-0.05, 0) is 17.7 Å². The molecule has 0 aliphatic rings. The molecule has 0 bridgehead atoms. The molecule has 0 saturated carbocycles. The third kappa shape index (κ3) is 4.25. The summed E-state index contributed by atoms with van der Waals surface area (Å²) in [5.41, 5.74) is 0.456. The first kappa shape index (κ1) is 17.6. The second-order valence-electron chi connectivity index (χ2n) is 3.94. The zero-order valence-corrected chi connectivity index (χ0v) is 12.7. The number of sulfonamides is 1. The van der Waals surface area contributed by atoms with Crippen LogP contribution in [0.25, 0.3) is 0 Å². The summed E-state index contributed by atoms with van der Waals surface area (Å²) < 4.78 is 62.1. The van der Waals surface area contributed by atoms with Gasteiger partial charge in [-0.2, -0.15) is 17.5 Å². The van der Waals surface area contributed by atoms with Gasteiger partial charge in [-0.1, -0.05) is 24.6 Å². The first-order valence-electron chi connectivity index (χ1n) is 5.53. The molecule has 1 aromatic carbocycles. The van der Waals surface area contributed by atoms with E-state index in [1.807, 2.05) is 0 Å². The van der Waals surface area contributed by atoms with Gasteiger partial charge in [0.15, 0.2) is 0 Å². The smallest absolute Gasteiger partial charge is 0.207 e. The maximum atomic E-state index is 12.4. The van der Waals surface area contributed by atoms with Crippen molar-refractivity contribution in [3.8, 4) is 0 Å². The normalized spacial score (nSPS) is 12.9. The van der Waals surface area contributed by atoms with E-state index in [0.717, 1.165) is 0 Å². The largest absolute Gasteiger partial charge is 0.402 e. The summed E-state index contributed by atoms with van der Waals surface area (Å²) in [6.07, 6.45) is -4.63. The predicted molar refractivity (Wildman–Crippen MR) is 71.5 cm³/mol. The second kappa shape index (κ2) is 6.51. The van der Waals surface area contributed by atoms with Gasteiger partial charge in [-0.15, -0.1) is 11.6 Å². The topological polar surface area (TPSA) is 37.4 Å². The maximum absolute atomic E-state index is 12.4. The molecule has 0 N–H and O–H groups in total. The van der Waals surface area contributed by atoms with Crippen molar-refractivity contribution < 1.29 is 21.6 Å². The van der Waals surface area contributed by atoms with Crippen LogP contribution < -0.4 is 0 Å². The lowest BCUT2D eigenvalue weighted by Crippen LogP contribution is -2.38. The number of hydrogen-bond acceptors (Lipinski definition) is 2. The van der Waals surface area contributed by atoms with Gasteiger partial charge < -0.3 is 0 Å². The van der Waals surface area contributed by atoms with E-state index in [2.05, 4.69) is 0 Å². The Balaban J connectivity index is 3.27. The Labute approximate surface area is 125 Å². The molecule has 0 aliphatic heterocycles. The summed E-state index contributed by atoms with van der Waals surface area (Å²) in [6.45, 7) is -0.556. The fourth-order valence-corrected chi connectivity index (χ4v) is 3.66. The Morgan fingerprint density at radius 3 is 2.35 bits per heavy atom. The van der Waals surface area contributed by atoms with Crippen molar-refractivity contribution in [2.75, 3.05) is 13.1 Å². The molecule has 0 unspecified atom stereocenters. The molecule has 3 nitrogen and oxygen atoms in total. The van der Waals surface area contributed by atoms with Crippen LogP contribution in [0.15, 0.2) is 23.1 Å². The minimum absolute atomic E-state index is 0.0328. The van der Waals surface area contributed by atoms with Crippen molar-refractivity contribution in [2.45, 2.75) is 23.9 Å². The van der Waals surface area contributed by atoms with Gasteiger partial charge in [0, 0.05) is 12.4 Å². The van der Waals surface area contributed by atoms with Gasteiger partial charge >= 0.3 is 6.18 Å². The van der Waals surface area contributed by atoms with Crippen LogP contribution in [0.1, 0.15) is 12.5 Å². The van der Waals surface area contributed by atoms with Crippen molar-refractivity contribution in [2.24, 2.45) is 0 Å². The Kier molecular flexibility index (Phi) is 5.71. The third-order valence-electron chi connectivity index (χ3n) is 2.48. The van der Waals surface area contributed by atoms with Crippen LogP contribution in [0, 0.1) is 0 Å². The number of halogens is 5. The zero-order chi connectivity index (χ0) is 15.6. The molecule has 0 heterocycles. The summed E-state index contributed by atoms with van der Waals surface area (Å²) in [5.74, 6) is 0.0328. The molecule has 20 heavy (non-hydrogen) atoms. The van der Waals surface area contributed by atoms with Gasteiger partial charge in [0.05, 0.1) is 5.02 Å². The lowest BCUT2D eigenvalue weighted by molar-refractivity contribution is -0.135. The van der Waals surface area contributed by atoms with Gasteiger partial charge in [0.25, 0.3) is 0 Å². The SMILES string of the molecule is CCN(CC(F)(F)F)S(=O)(=O)c1cc(CCl)ccc1Cl. The van der Waals surface area contributed by atoms with Crippen molar-refractivity contribution in [3.63, 3.8) is 0 Å². The molecule has 0 spiro atoms. The molecule has 0 saturated heterocycles. The van der Waals surface area contributed by atoms with Gasteiger partial charge in [0.1, 0.15) is 11.4 Å². The van der Waals surface area contributed by atoms with E-state index >= 15 is 0 Å². The minimum Gasteiger partial charge on any atom is -0.207 e. The third-order valence-corrected chi connectivity index (χ3v) is 5.19.